The molecule has 4 rings (SSSR count). The Kier molecular flexibility index (Phi) is 3.70. The van der Waals surface area contributed by atoms with Crippen molar-refractivity contribution >= 4 is 10.0 Å². The summed E-state index contributed by atoms with van der Waals surface area (Å²) in [6.07, 6.45) is 4.93. The summed E-state index contributed by atoms with van der Waals surface area (Å²) < 4.78 is 28.7. The van der Waals surface area contributed by atoms with E-state index in [0.29, 0.717) is 13.1 Å². The van der Waals surface area contributed by atoms with E-state index in [1.54, 1.807) is 4.31 Å². The zero-order chi connectivity index (χ0) is 15.2. The van der Waals surface area contributed by atoms with Crippen molar-refractivity contribution in [2.75, 3.05) is 19.6 Å². The predicted octanol–water partition coefficient (Wildman–Crippen LogP) is 0.572. The van der Waals surface area contributed by atoms with Crippen LogP contribution in [0.15, 0.2) is 0 Å². The molecular weight excluding hydrogens is 302 g/mol. The molecule has 0 atom stereocenters. The van der Waals surface area contributed by atoms with Crippen LogP contribution >= 0.6 is 0 Å². The number of hydrogen-bond donors (Lipinski definition) is 0. The molecule has 1 aliphatic carbocycles. The van der Waals surface area contributed by atoms with E-state index in [0.717, 1.165) is 56.8 Å². The Morgan fingerprint density at radius 3 is 2.55 bits per heavy atom. The van der Waals surface area contributed by atoms with Gasteiger partial charge in [0.05, 0.1) is 17.5 Å². The van der Waals surface area contributed by atoms with Crippen molar-refractivity contribution in [1.29, 1.82) is 0 Å². The minimum Gasteiger partial charge on any atom is -0.297 e. The molecule has 1 saturated carbocycles. The Morgan fingerprint density at radius 2 is 1.82 bits per heavy atom. The minimum absolute atomic E-state index is 0.142. The van der Waals surface area contributed by atoms with Gasteiger partial charge in [0, 0.05) is 19.6 Å². The summed E-state index contributed by atoms with van der Waals surface area (Å²) in [6.45, 7) is 4.82. The molecule has 2 fully saturated rings. The van der Waals surface area contributed by atoms with Crippen molar-refractivity contribution in [1.82, 2.24) is 24.2 Å². The highest BCUT2D eigenvalue weighted by atomic mass is 32.2. The van der Waals surface area contributed by atoms with Crippen LogP contribution in [0.4, 0.5) is 0 Å². The number of aromatic nitrogens is 3. The maximum absolute atomic E-state index is 12.6. The summed E-state index contributed by atoms with van der Waals surface area (Å²) in [5.41, 5.74) is 1.95. The van der Waals surface area contributed by atoms with Gasteiger partial charge in [0.15, 0.2) is 0 Å². The average molecular weight is 325 g/mol. The van der Waals surface area contributed by atoms with Crippen LogP contribution in [0.5, 0.6) is 0 Å². The maximum atomic E-state index is 12.6. The van der Waals surface area contributed by atoms with E-state index in [4.69, 9.17) is 0 Å². The molecule has 0 spiro atoms. The van der Waals surface area contributed by atoms with Crippen molar-refractivity contribution in [2.45, 2.75) is 57.0 Å². The smallest absolute Gasteiger partial charge is 0.217 e. The standard InChI is InChI=1S/C14H23N5O2S/c20-22(21,12-4-5-12)18-8-3-9-19-14(11-18)13(15-16-19)10-17-6-1-2-7-17/h12H,1-11H2. The van der Waals surface area contributed by atoms with E-state index < -0.39 is 10.0 Å². The Balaban J connectivity index is 1.57. The van der Waals surface area contributed by atoms with Crippen LogP contribution in [0.1, 0.15) is 43.5 Å². The first kappa shape index (κ1) is 14.6. The van der Waals surface area contributed by atoms with Crippen LogP contribution in [-0.2, 0) is 29.7 Å². The van der Waals surface area contributed by atoms with Gasteiger partial charge in [0.1, 0.15) is 5.69 Å². The molecular formula is C14H23N5O2S. The highest BCUT2D eigenvalue weighted by Gasteiger charge is 2.41. The molecule has 1 aromatic rings. The van der Waals surface area contributed by atoms with Crippen LogP contribution < -0.4 is 0 Å². The summed E-state index contributed by atoms with van der Waals surface area (Å²) in [4.78, 5) is 2.38. The second-order valence-electron chi connectivity index (χ2n) is 6.62. The first-order chi connectivity index (χ1) is 10.6. The first-order valence-electron chi connectivity index (χ1n) is 8.27. The van der Waals surface area contributed by atoms with Crippen molar-refractivity contribution in [3.05, 3.63) is 11.4 Å². The molecule has 3 aliphatic rings. The Morgan fingerprint density at radius 1 is 1.05 bits per heavy atom. The molecule has 0 amide bonds. The lowest BCUT2D eigenvalue weighted by molar-refractivity contribution is 0.323. The fourth-order valence-electron chi connectivity index (χ4n) is 3.43. The lowest BCUT2D eigenvalue weighted by Gasteiger charge is -2.20. The molecule has 1 saturated heterocycles. The van der Waals surface area contributed by atoms with E-state index in [9.17, 15) is 8.42 Å². The number of likely N-dealkylation sites (tertiary alicyclic amines) is 1. The summed E-state index contributed by atoms with van der Waals surface area (Å²) in [7, 11) is -3.13. The highest BCUT2D eigenvalue weighted by Crippen LogP contribution is 2.32. The van der Waals surface area contributed by atoms with Gasteiger partial charge in [0.25, 0.3) is 0 Å². The Labute approximate surface area is 131 Å². The third-order valence-corrected chi connectivity index (χ3v) is 7.24. The third-order valence-electron chi connectivity index (χ3n) is 4.90. The lowest BCUT2D eigenvalue weighted by atomic mass is 10.3. The molecule has 0 N–H and O–H groups in total. The van der Waals surface area contributed by atoms with Crippen LogP contribution in [0, 0.1) is 0 Å². The van der Waals surface area contributed by atoms with Gasteiger partial charge in [-0.05, 0) is 45.2 Å². The van der Waals surface area contributed by atoms with E-state index >= 15 is 0 Å². The topological polar surface area (TPSA) is 71.3 Å². The normalized spacial score (nSPS) is 24.4. The van der Waals surface area contributed by atoms with E-state index in [-0.39, 0.29) is 5.25 Å². The Hall–Kier alpha value is -0.990. The first-order valence-corrected chi connectivity index (χ1v) is 9.77. The van der Waals surface area contributed by atoms with Crippen molar-refractivity contribution < 1.29 is 8.42 Å². The number of fused-ring (bicyclic) bond motifs is 1. The second kappa shape index (κ2) is 5.58. The second-order valence-corrected chi connectivity index (χ2v) is 8.83. The van der Waals surface area contributed by atoms with Gasteiger partial charge in [-0.2, -0.15) is 4.31 Å². The van der Waals surface area contributed by atoms with Crippen LogP contribution in [-0.4, -0.2) is 57.5 Å². The Bertz CT molecular complexity index is 646. The van der Waals surface area contributed by atoms with Gasteiger partial charge in [0.2, 0.25) is 10.0 Å². The molecule has 0 unspecified atom stereocenters. The summed E-state index contributed by atoms with van der Waals surface area (Å²) in [5, 5.41) is 8.44. The van der Waals surface area contributed by atoms with Gasteiger partial charge < -0.3 is 0 Å². The predicted molar refractivity (Wildman–Crippen MR) is 81.5 cm³/mol. The molecule has 22 heavy (non-hydrogen) atoms. The monoisotopic (exact) mass is 325 g/mol. The summed E-state index contributed by atoms with van der Waals surface area (Å²) >= 11 is 0. The molecule has 3 heterocycles. The SMILES string of the molecule is O=S(=O)(C1CC1)N1CCCn2nnc(CN3CCCC3)c2C1. The van der Waals surface area contributed by atoms with Crippen LogP contribution in [0.3, 0.4) is 0 Å². The highest BCUT2D eigenvalue weighted by molar-refractivity contribution is 7.90. The lowest BCUT2D eigenvalue weighted by Crippen LogP contribution is -2.34. The number of rotatable bonds is 4. The number of sulfonamides is 1. The van der Waals surface area contributed by atoms with Crippen LogP contribution in [0.25, 0.3) is 0 Å². The van der Waals surface area contributed by atoms with Crippen molar-refractivity contribution in [2.24, 2.45) is 0 Å². The van der Waals surface area contributed by atoms with Crippen LogP contribution in [0.2, 0.25) is 0 Å². The van der Waals surface area contributed by atoms with Crippen molar-refractivity contribution in [3.8, 4) is 0 Å². The fourth-order valence-corrected chi connectivity index (χ4v) is 5.27. The molecule has 8 heteroatoms. The van der Waals surface area contributed by atoms with Gasteiger partial charge in [-0.1, -0.05) is 5.21 Å². The largest absolute Gasteiger partial charge is 0.297 e. The summed E-state index contributed by atoms with van der Waals surface area (Å²) in [6, 6.07) is 0. The molecule has 2 aliphatic heterocycles. The minimum atomic E-state index is -3.13. The zero-order valence-electron chi connectivity index (χ0n) is 12.8. The molecule has 0 aromatic carbocycles. The molecule has 7 nitrogen and oxygen atoms in total. The van der Waals surface area contributed by atoms with Gasteiger partial charge >= 0.3 is 0 Å². The van der Waals surface area contributed by atoms with Crippen molar-refractivity contribution in [3.63, 3.8) is 0 Å². The molecule has 0 radical (unpaired) electrons. The fraction of sp³-hybridized carbons (Fsp3) is 0.857. The van der Waals surface area contributed by atoms with Gasteiger partial charge in [-0.25, -0.2) is 13.1 Å². The maximum Gasteiger partial charge on any atom is 0.217 e. The van der Waals surface area contributed by atoms with E-state index in [2.05, 4.69) is 15.2 Å². The van der Waals surface area contributed by atoms with E-state index in [1.165, 1.54) is 12.8 Å². The summed E-state index contributed by atoms with van der Waals surface area (Å²) in [5.74, 6) is 0. The molecule has 1 aromatic heterocycles. The number of hydrogen-bond acceptors (Lipinski definition) is 5. The quantitative estimate of drug-likeness (QED) is 0.809. The third kappa shape index (κ3) is 2.68. The average Bonchev–Trinajstić information content (AvgIpc) is 3.20. The van der Waals surface area contributed by atoms with Gasteiger partial charge in [-0.15, -0.1) is 5.10 Å². The van der Waals surface area contributed by atoms with Gasteiger partial charge in [-0.3, -0.25) is 4.90 Å². The number of aryl methyl sites for hydroxylation is 1. The molecule has 122 valence electrons. The molecule has 0 bridgehead atoms. The number of nitrogens with zero attached hydrogens (tertiary/aromatic N) is 5. The zero-order valence-corrected chi connectivity index (χ0v) is 13.6. The van der Waals surface area contributed by atoms with E-state index in [1.807, 2.05) is 4.68 Å².